The van der Waals surface area contributed by atoms with Gasteiger partial charge in [0.25, 0.3) is 0 Å². The van der Waals surface area contributed by atoms with Crippen LogP contribution >= 0.6 is 22.9 Å². The summed E-state index contributed by atoms with van der Waals surface area (Å²) >= 11 is 7.76. The van der Waals surface area contributed by atoms with Crippen molar-refractivity contribution in [2.45, 2.75) is 32.4 Å². The molecule has 1 aromatic rings. The molecule has 0 aliphatic carbocycles. The van der Waals surface area contributed by atoms with Crippen molar-refractivity contribution in [2.75, 3.05) is 32.7 Å². The van der Waals surface area contributed by atoms with E-state index in [1.807, 2.05) is 5.38 Å². The molecule has 19 heavy (non-hydrogen) atoms. The SMILES string of the molecule is CCN(CC)C1CCN(C(CN)c2cc(Cl)cs2)C1. The van der Waals surface area contributed by atoms with Crippen molar-refractivity contribution in [3.05, 3.63) is 21.3 Å². The first-order valence-corrected chi connectivity index (χ1v) is 8.37. The normalized spacial score (nSPS) is 22.3. The second-order valence-corrected chi connectivity index (χ2v) is 6.46. The van der Waals surface area contributed by atoms with Crippen molar-refractivity contribution in [3.63, 3.8) is 0 Å². The molecule has 0 saturated carbocycles. The van der Waals surface area contributed by atoms with Crippen LogP contribution in [0.1, 0.15) is 31.2 Å². The van der Waals surface area contributed by atoms with Gasteiger partial charge in [-0.3, -0.25) is 9.80 Å². The number of hydrogen-bond acceptors (Lipinski definition) is 4. The van der Waals surface area contributed by atoms with Gasteiger partial charge in [0.2, 0.25) is 0 Å². The van der Waals surface area contributed by atoms with Gasteiger partial charge in [-0.1, -0.05) is 25.4 Å². The van der Waals surface area contributed by atoms with Gasteiger partial charge in [0.1, 0.15) is 0 Å². The molecule has 0 amide bonds. The minimum absolute atomic E-state index is 0.332. The molecule has 2 rings (SSSR count). The van der Waals surface area contributed by atoms with E-state index in [9.17, 15) is 0 Å². The number of halogens is 1. The first kappa shape index (κ1) is 15.3. The van der Waals surface area contributed by atoms with Crippen LogP contribution in [-0.4, -0.2) is 48.6 Å². The van der Waals surface area contributed by atoms with Crippen molar-refractivity contribution < 1.29 is 0 Å². The summed E-state index contributed by atoms with van der Waals surface area (Å²) in [6.07, 6.45) is 1.25. The second kappa shape index (κ2) is 7.04. The molecule has 0 aromatic carbocycles. The van der Waals surface area contributed by atoms with E-state index >= 15 is 0 Å². The third kappa shape index (κ3) is 3.50. The van der Waals surface area contributed by atoms with Gasteiger partial charge in [-0.25, -0.2) is 0 Å². The van der Waals surface area contributed by atoms with Crippen molar-refractivity contribution >= 4 is 22.9 Å². The Kier molecular flexibility index (Phi) is 5.66. The van der Waals surface area contributed by atoms with Gasteiger partial charge in [-0.15, -0.1) is 11.3 Å². The lowest BCUT2D eigenvalue weighted by Crippen LogP contribution is -2.39. The lowest BCUT2D eigenvalue weighted by molar-refractivity contribution is 0.191. The largest absolute Gasteiger partial charge is 0.329 e. The molecule has 1 fully saturated rings. The Balaban J connectivity index is 2.02. The van der Waals surface area contributed by atoms with E-state index in [0.717, 1.165) is 31.2 Å². The summed E-state index contributed by atoms with van der Waals surface area (Å²) in [4.78, 5) is 6.37. The molecule has 108 valence electrons. The maximum absolute atomic E-state index is 6.04. The van der Waals surface area contributed by atoms with Gasteiger partial charge in [-0.05, 0) is 25.6 Å². The standard InChI is InChI=1S/C14H24ClN3S/c1-3-17(4-2)12-5-6-18(9-12)13(8-16)14-7-11(15)10-19-14/h7,10,12-13H,3-6,8-9,16H2,1-2H3. The monoisotopic (exact) mass is 301 g/mol. The molecule has 0 spiro atoms. The van der Waals surface area contributed by atoms with Gasteiger partial charge in [0, 0.05) is 35.9 Å². The van der Waals surface area contributed by atoms with Crippen LogP contribution in [0.15, 0.2) is 11.4 Å². The lowest BCUT2D eigenvalue weighted by atomic mass is 10.2. The topological polar surface area (TPSA) is 32.5 Å². The van der Waals surface area contributed by atoms with Crippen molar-refractivity contribution in [3.8, 4) is 0 Å². The minimum atomic E-state index is 0.332. The van der Waals surface area contributed by atoms with Crippen LogP contribution in [0.5, 0.6) is 0 Å². The Morgan fingerprint density at radius 3 is 2.79 bits per heavy atom. The Morgan fingerprint density at radius 1 is 1.53 bits per heavy atom. The van der Waals surface area contributed by atoms with E-state index < -0.39 is 0 Å². The fourth-order valence-electron chi connectivity index (χ4n) is 3.04. The maximum Gasteiger partial charge on any atom is 0.0565 e. The molecule has 1 aliphatic heterocycles. The molecule has 2 N–H and O–H groups in total. The average molecular weight is 302 g/mol. The van der Waals surface area contributed by atoms with Crippen LogP contribution in [0.2, 0.25) is 5.02 Å². The molecule has 1 aromatic heterocycles. The molecule has 5 heteroatoms. The fraction of sp³-hybridized carbons (Fsp3) is 0.714. The molecule has 0 bridgehead atoms. The van der Waals surface area contributed by atoms with Crippen LogP contribution in [-0.2, 0) is 0 Å². The van der Waals surface area contributed by atoms with Crippen molar-refractivity contribution in [2.24, 2.45) is 5.73 Å². The number of nitrogens with zero attached hydrogens (tertiary/aromatic N) is 2. The third-order valence-electron chi connectivity index (χ3n) is 4.10. The quantitative estimate of drug-likeness (QED) is 0.877. The summed E-state index contributed by atoms with van der Waals surface area (Å²) in [6, 6.07) is 3.08. The number of rotatable bonds is 6. The highest BCUT2D eigenvalue weighted by Gasteiger charge is 2.31. The van der Waals surface area contributed by atoms with E-state index in [0.29, 0.717) is 18.6 Å². The van der Waals surface area contributed by atoms with Crippen LogP contribution in [0.4, 0.5) is 0 Å². The minimum Gasteiger partial charge on any atom is -0.329 e. The third-order valence-corrected chi connectivity index (χ3v) is 5.49. The van der Waals surface area contributed by atoms with Crippen LogP contribution in [0, 0.1) is 0 Å². The summed E-state index contributed by atoms with van der Waals surface area (Å²) in [5.41, 5.74) is 5.99. The first-order chi connectivity index (χ1) is 9.19. The van der Waals surface area contributed by atoms with E-state index in [2.05, 4.69) is 29.7 Å². The zero-order valence-corrected chi connectivity index (χ0v) is 13.4. The molecule has 2 unspecified atom stereocenters. The molecular weight excluding hydrogens is 278 g/mol. The Labute approximate surface area is 125 Å². The summed E-state index contributed by atoms with van der Waals surface area (Å²) in [7, 11) is 0. The maximum atomic E-state index is 6.04. The van der Waals surface area contributed by atoms with Gasteiger partial charge in [-0.2, -0.15) is 0 Å². The van der Waals surface area contributed by atoms with E-state index in [1.165, 1.54) is 11.3 Å². The van der Waals surface area contributed by atoms with Crippen LogP contribution < -0.4 is 5.73 Å². The highest BCUT2D eigenvalue weighted by molar-refractivity contribution is 7.10. The molecule has 1 aliphatic rings. The first-order valence-electron chi connectivity index (χ1n) is 7.11. The Morgan fingerprint density at radius 2 is 2.26 bits per heavy atom. The number of likely N-dealkylation sites (N-methyl/N-ethyl adjacent to an activating group) is 1. The van der Waals surface area contributed by atoms with Gasteiger partial charge in [0.15, 0.2) is 0 Å². The second-order valence-electron chi connectivity index (χ2n) is 5.08. The summed E-state index contributed by atoms with van der Waals surface area (Å²) < 4.78 is 0. The highest BCUT2D eigenvalue weighted by Crippen LogP contribution is 2.31. The van der Waals surface area contributed by atoms with Crippen molar-refractivity contribution in [1.29, 1.82) is 0 Å². The zero-order valence-electron chi connectivity index (χ0n) is 11.8. The van der Waals surface area contributed by atoms with E-state index in [1.54, 1.807) is 11.3 Å². The fourth-order valence-corrected chi connectivity index (χ4v) is 4.27. The predicted molar refractivity (Wildman–Crippen MR) is 84.0 cm³/mol. The molecule has 1 saturated heterocycles. The van der Waals surface area contributed by atoms with Crippen molar-refractivity contribution in [1.82, 2.24) is 9.80 Å². The highest BCUT2D eigenvalue weighted by atomic mass is 35.5. The Hall–Kier alpha value is -0.130. The van der Waals surface area contributed by atoms with E-state index in [4.69, 9.17) is 17.3 Å². The van der Waals surface area contributed by atoms with Gasteiger partial charge < -0.3 is 5.73 Å². The average Bonchev–Trinajstić information content (AvgIpc) is 3.03. The van der Waals surface area contributed by atoms with Crippen LogP contribution in [0.3, 0.4) is 0 Å². The van der Waals surface area contributed by atoms with Gasteiger partial charge in [0.05, 0.1) is 11.1 Å². The molecule has 3 nitrogen and oxygen atoms in total. The number of thiophene rings is 1. The van der Waals surface area contributed by atoms with E-state index in [-0.39, 0.29) is 0 Å². The predicted octanol–water partition coefficient (Wildman–Crippen LogP) is 2.82. The zero-order chi connectivity index (χ0) is 13.8. The molecule has 0 radical (unpaired) electrons. The Bertz CT molecular complexity index is 392. The number of hydrogen-bond donors (Lipinski definition) is 1. The lowest BCUT2D eigenvalue weighted by Gasteiger charge is -2.29. The number of nitrogens with two attached hydrogens (primary N) is 1. The summed E-state index contributed by atoms with van der Waals surface area (Å²) in [5.74, 6) is 0. The van der Waals surface area contributed by atoms with Gasteiger partial charge >= 0.3 is 0 Å². The van der Waals surface area contributed by atoms with Crippen LogP contribution in [0.25, 0.3) is 0 Å². The molecule has 2 heterocycles. The summed E-state index contributed by atoms with van der Waals surface area (Å²) in [6.45, 7) is 9.68. The smallest absolute Gasteiger partial charge is 0.0565 e. The molecule has 2 atom stereocenters. The number of likely N-dealkylation sites (tertiary alicyclic amines) is 1. The molecular formula is C14H24ClN3S. The summed E-state index contributed by atoms with van der Waals surface area (Å²) in [5, 5.41) is 2.83.